The summed E-state index contributed by atoms with van der Waals surface area (Å²) in [7, 11) is 0. The summed E-state index contributed by atoms with van der Waals surface area (Å²) in [4.78, 5) is 0. The summed E-state index contributed by atoms with van der Waals surface area (Å²) in [6.45, 7) is 7.36. The molecule has 0 bridgehead atoms. The van der Waals surface area contributed by atoms with Gasteiger partial charge in [0.25, 0.3) is 0 Å². The zero-order valence-corrected chi connectivity index (χ0v) is 17.8. The third-order valence-corrected chi connectivity index (χ3v) is 5.93. The molecule has 0 radical (unpaired) electrons. The molecule has 0 N–H and O–H groups in total. The lowest BCUT2D eigenvalue weighted by atomic mass is 10.1. The van der Waals surface area contributed by atoms with Gasteiger partial charge in [0.2, 0.25) is 0 Å². The summed E-state index contributed by atoms with van der Waals surface area (Å²) in [6.07, 6.45) is 0. The maximum absolute atomic E-state index is 6.09. The van der Waals surface area contributed by atoms with Crippen molar-refractivity contribution in [2.45, 2.75) is 44.8 Å². The predicted molar refractivity (Wildman–Crippen MR) is 112 cm³/mol. The lowest BCUT2D eigenvalue weighted by Crippen LogP contribution is -2.07. The van der Waals surface area contributed by atoms with Crippen molar-refractivity contribution in [3.8, 4) is 5.75 Å². The molecule has 0 saturated carbocycles. The van der Waals surface area contributed by atoms with Crippen molar-refractivity contribution in [2.75, 3.05) is 0 Å². The van der Waals surface area contributed by atoms with E-state index >= 15 is 0 Å². The van der Waals surface area contributed by atoms with Crippen molar-refractivity contribution < 1.29 is 4.74 Å². The normalized spacial score (nSPS) is 11.0. The molecule has 0 spiro atoms. The van der Waals surface area contributed by atoms with Crippen molar-refractivity contribution in [1.29, 1.82) is 0 Å². The predicted octanol–water partition coefficient (Wildman–Crippen LogP) is 6.09. The van der Waals surface area contributed by atoms with Crippen molar-refractivity contribution in [3.05, 3.63) is 69.0 Å². The van der Waals surface area contributed by atoms with Crippen molar-refractivity contribution in [3.63, 3.8) is 0 Å². The van der Waals surface area contributed by atoms with Crippen LogP contribution in [0.1, 0.15) is 29.4 Å². The smallest absolute Gasteiger partial charge is 0.191 e. The number of halogens is 2. The van der Waals surface area contributed by atoms with Crippen LogP contribution in [0.25, 0.3) is 0 Å². The van der Waals surface area contributed by atoms with Gasteiger partial charge in [-0.3, -0.25) is 0 Å². The number of hydrogen-bond acceptors (Lipinski definition) is 4. The number of benzene rings is 2. The molecule has 4 nitrogen and oxygen atoms in total. The SMILES string of the molecule is CCn1c(COc2ccc(C)cc2C)nnc1SCc1ccc(Cl)c(Cl)c1. The summed E-state index contributed by atoms with van der Waals surface area (Å²) in [5.41, 5.74) is 3.43. The monoisotopic (exact) mass is 421 g/mol. The van der Waals surface area contributed by atoms with Crippen LogP contribution in [-0.2, 0) is 18.9 Å². The minimum Gasteiger partial charge on any atom is -0.485 e. The molecule has 3 rings (SSSR count). The molecule has 0 unspecified atom stereocenters. The Morgan fingerprint density at radius 3 is 2.56 bits per heavy atom. The van der Waals surface area contributed by atoms with Crippen LogP contribution in [0.4, 0.5) is 0 Å². The first-order chi connectivity index (χ1) is 13.0. The molecule has 3 aromatic rings. The van der Waals surface area contributed by atoms with Gasteiger partial charge in [0, 0.05) is 12.3 Å². The Bertz CT molecular complexity index is 943. The summed E-state index contributed by atoms with van der Waals surface area (Å²) in [5, 5.41) is 10.6. The number of nitrogens with zero attached hydrogens (tertiary/aromatic N) is 3. The quantitative estimate of drug-likeness (QED) is 0.432. The summed E-state index contributed by atoms with van der Waals surface area (Å²) in [6, 6.07) is 11.8. The highest BCUT2D eigenvalue weighted by atomic mass is 35.5. The first kappa shape index (κ1) is 20.1. The van der Waals surface area contributed by atoms with Crippen LogP contribution in [0, 0.1) is 13.8 Å². The summed E-state index contributed by atoms with van der Waals surface area (Å²) < 4.78 is 8.04. The number of rotatable bonds is 7. The van der Waals surface area contributed by atoms with Gasteiger partial charge in [0.05, 0.1) is 10.0 Å². The van der Waals surface area contributed by atoms with Crippen LogP contribution in [0.3, 0.4) is 0 Å². The molecule has 142 valence electrons. The molecule has 0 aliphatic rings. The van der Waals surface area contributed by atoms with E-state index in [0.717, 1.165) is 40.2 Å². The molecule has 1 aromatic heterocycles. The van der Waals surface area contributed by atoms with E-state index in [2.05, 4.69) is 34.7 Å². The second kappa shape index (κ2) is 9.00. The molecular formula is C20H21Cl2N3OS. The Labute approximate surface area is 173 Å². The van der Waals surface area contributed by atoms with Crippen LogP contribution >= 0.6 is 35.0 Å². The molecule has 1 heterocycles. The van der Waals surface area contributed by atoms with Gasteiger partial charge in [-0.1, -0.05) is 58.7 Å². The molecule has 7 heteroatoms. The fraction of sp³-hybridized carbons (Fsp3) is 0.300. The van der Waals surface area contributed by atoms with Crippen molar-refractivity contribution in [1.82, 2.24) is 14.8 Å². The van der Waals surface area contributed by atoms with Gasteiger partial charge in [-0.05, 0) is 50.1 Å². The van der Waals surface area contributed by atoms with Gasteiger partial charge in [0.1, 0.15) is 12.4 Å². The van der Waals surface area contributed by atoms with Crippen LogP contribution in [-0.4, -0.2) is 14.8 Å². The highest BCUT2D eigenvalue weighted by Gasteiger charge is 2.13. The Balaban J connectivity index is 1.67. The zero-order valence-electron chi connectivity index (χ0n) is 15.5. The van der Waals surface area contributed by atoms with E-state index in [0.29, 0.717) is 16.7 Å². The average Bonchev–Trinajstić information content (AvgIpc) is 3.04. The van der Waals surface area contributed by atoms with E-state index in [1.165, 1.54) is 5.56 Å². The Kier molecular flexibility index (Phi) is 6.68. The number of hydrogen-bond donors (Lipinski definition) is 0. The van der Waals surface area contributed by atoms with E-state index in [9.17, 15) is 0 Å². The first-order valence-electron chi connectivity index (χ1n) is 8.66. The van der Waals surface area contributed by atoms with E-state index in [1.807, 2.05) is 37.3 Å². The van der Waals surface area contributed by atoms with Crippen molar-refractivity contribution >= 4 is 35.0 Å². The van der Waals surface area contributed by atoms with Crippen molar-refractivity contribution in [2.24, 2.45) is 0 Å². The second-order valence-corrected chi connectivity index (χ2v) is 7.99. The maximum atomic E-state index is 6.09. The standard InChI is InChI=1S/C20H21Cl2N3OS/c1-4-25-19(11-26-18-8-5-13(2)9-14(18)3)23-24-20(25)27-12-15-6-7-16(21)17(22)10-15/h5-10H,4,11-12H2,1-3H3. The molecule has 0 aliphatic carbocycles. The minimum atomic E-state index is 0.387. The molecule has 0 fully saturated rings. The molecule has 0 aliphatic heterocycles. The maximum Gasteiger partial charge on any atom is 0.191 e. The average molecular weight is 422 g/mol. The van der Waals surface area contributed by atoms with Gasteiger partial charge in [-0.2, -0.15) is 0 Å². The fourth-order valence-corrected chi connectivity index (χ4v) is 4.02. The molecule has 0 atom stereocenters. The van der Waals surface area contributed by atoms with Crippen LogP contribution in [0.5, 0.6) is 5.75 Å². The first-order valence-corrected chi connectivity index (χ1v) is 10.4. The fourth-order valence-electron chi connectivity index (χ4n) is 2.73. The summed E-state index contributed by atoms with van der Waals surface area (Å²) in [5.74, 6) is 2.43. The zero-order chi connectivity index (χ0) is 19.4. The highest BCUT2D eigenvalue weighted by molar-refractivity contribution is 7.98. The topological polar surface area (TPSA) is 39.9 Å². The number of ether oxygens (including phenoxy) is 1. The number of aromatic nitrogens is 3. The van der Waals surface area contributed by atoms with E-state index < -0.39 is 0 Å². The molecule has 0 saturated heterocycles. The lowest BCUT2D eigenvalue weighted by molar-refractivity contribution is 0.286. The number of aryl methyl sites for hydroxylation is 2. The third kappa shape index (κ3) is 4.98. The van der Waals surface area contributed by atoms with E-state index in [1.54, 1.807) is 11.8 Å². The minimum absolute atomic E-state index is 0.387. The Morgan fingerprint density at radius 2 is 1.85 bits per heavy atom. The highest BCUT2D eigenvalue weighted by Crippen LogP contribution is 2.27. The van der Waals surface area contributed by atoms with Gasteiger partial charge >= 0.3 is 0 Å². The summed E-state index contributed by atoms with van der Waals surface area (Å²) >= 11 is 13.7. The second-order valence-electron chi connectivity index (χ2n) is 6.24. The molecule has 27 heavy (non-hydrogen) atoms. The van der Waals surface area contributed by atoms with E-state index in [4.69, 9.17) is 27.9 Å². The Hall–Kier alpha value is -1.69. The lowest BCUT2D eigenvalue weighted by Gasteiger charge is -2.11. The van der Waals surface area contributed by atoms with Crippen LogP contribution < -0.4 is 4.74 Å². The van der Waals surface area contributed by atoms with E-state index in [-0.39, 0.29) is 0 Å². The molecular weight excluding hydrogens is 401 g/mol. The van der Waals surface area contributed by atoms with Crippen LogP contribution in [0.15, 0.2) is 41.6 Å². The van der Waals surface area contributed by atoms with Gasteiger partial charge < -0.3 is 9.30 Å². The van der Waals surface area contributed by atoms with Gasteiger partial charge in [0.15, 0.2) is 11.0 Å². The molecule has 0 amide bonds. The largest absolute Gasteiger partial charge is 0.485 e. The third-order valence-electron chi connectivity index (χ3n) is 4.15. The number of thioether (sulfide) groups is 1. The molecule has 2 aromatic carbocycles. The van der Waals surface area contributed by atoms with Crippen LogP contribution in [0.2, 0.25) is 10.0 Å². The van der Waals surface area contributed by atoms with Gasteiger partial charge in [-0.25, -0.2) is 0 Å². The Morgan fingerprint density at radius 1 is 1.04 bits per heavy atom. The van der Waals surface area contributed by atoms with Gasteiger partial charge in [-0.15, -0.1) is 10.2 Å².